The normalized spacial score (nSPS) is 18.9. The fraction of sp³-hybridized carbons (Fsp3) is 0.462. The van der Waals surface area contributed by atoms with Gasteiger partial charge in [0, 0.05) is 17.0 Å². The van der Waals surface area contributed by atoms with Crippen LogP contribution in [0, 0.1) is 0 Å². The molecule has 1 aliphatic rings. The van der Waals surface area contributed by atoms with E-state index in [0.717, 1.165) is 48.3 Å². The molecule has 4 nitrogen and oxygen atoms in total. The molecule has 0 aliphatic carbocycles. The summed E-state index contributed by atoms with van der Waals surface area (Å²) in [6, 6.07) is 5.72. The molecule has 0 radical (unpaired) electrons. The van der Waals surface area contributed by atoms with Gasteiger partial charge in [-0.3, -0.25) is 0 Å². The minimum absolute atomic E-state index is 0.509. The first-order valence-corrected chi connectivity index (χ1v) is 6.07. The molecule has 4 heteroatoms. The molecule has 0 bridgehead atoms. The average molecular weight is 231 g/mol. The molecule has 1 saturated heterocycles. The van der Waals surface area contributed by atoms with E-state index in [9.17, 15) is 0 Å². The molecule has 3 rings (SSSR count). The number of hydrogen-bond acceptors (Lipinski definition) is 4. The van der Waals surface area contributed by atoms with Gasteiger partial charge < -0.3 is 15.2 Å². The van der Waals surface area contributed by atoms with Crippen LogP contribution in [0.4, 0.5) is 5.69 Å². The van der Waals surface area contributed by atoms with Crippen LogP contribution in [0.5, 0.6) is 0 Å². The van der Waals surface area contributed by atoms with Gasteiger partial charge in [0.15, 0.2) is 5.58 Å². The Hall–Kier alpha value is -1.55. The third kappa shape index (κ3) is 1.89. The Kier molecular flexibility index (Phi) is 2.52. The highest BCUT2D eigenvalue weighted by Crippen LogP contribution is 2.32. The summed E-state index contributed by atoms with van der Waals surface area (Å²) in [4.78, 5) is 2.35. The quantitative estimate of drug-likeness (QED) is 0.765. The highest BCUT2D eigenvalue weighted by molar-refractivity contribution is 5.83. The van der Waals surface area contributed by atoms with E-state index in [4.69, 9.17) is 10.3 Å². The van der Waals surface area contributed by atoms with Gasteiger partial charge in [0.1, 0.15) is 0 Å². The SMILES string of the molecule is CN1CCC(c2noc3ccc(N)cc23)CC1. The molecular weight excluding hydrogens is 214 g/mol. The van der Waals surface area contributed by atoms with Crippen LogP contribution >= 0.6 is 0 Å². The Balaban J connectivity index is 1.97. The van der Waals surface area contributed by atoms with E-state index in [-0.39, 0.29) is 0 Å². The van der Waals surface area contributed by atoms with Crippen molar-refractivity contribution < 1.29 is 4.52 Å². The zero-order valence-electron chi connectivity index (χ0n) is 10.0. The number of rotatable bonds is 1. The first-order chi connectivity index (χ1) is 8.24. The van der Waals surface area contributed by atoms with Gasteiger partial charge in [-0.1, -0.05) is 5.16 Å². The molecule has 90 valence electrons. The summed E-state index contributed by atoms with van der Waals surface area (Å²) >= 11 is 0. The summed E-state index contributed by atoms with van der Waals surface area (Å²) < 4.78 is 5.36. The summed E-state index contributed by atoms with van der Waals surface area (Å²) in [5.41, 5.74) is 8.52. The van der Waals surface area contributed by atoms with Crippen LogP contribution in [0.2, 0.25) is 0 Å². The van der Waals surface area contributed by atoms with Crippen LogP contribution in [0.15, 0.2) is 22.7 Å². The van der Waals surface area contributed by atoms with Gasteiger partial charge in [0.05, 0.1) is 5.69 Å². The summed E-state index contributed by atoms with van der Waals surface area (Å²) in [6.45, 7) is 2.25. The summed E-state index contributed by atoms with van der Waals surface area (Å²) in [5, 5.41) is 5.32. The number of nitrogens with zero attached hydrogens (tertiary/aromatic N) is 2. The van der Waals surface area contributed by atoms with Crippen molar-refractivity contribution in [1.29, 1.82) is 0 Å². The average Bonchev–Trinajstić information content (AvgIpc) is 2.73. The second kappa shape index (κ2) is 4.04. The van der Waals surface area contributed by atoms with Crippen molar-refractivity contribution in [2.75, 3.05) is 25.9 Å². The summed E-state index contributed by atoms with van der Waals surface area (Å²) in [5.74, 6) is 0.509. The highest BCUT2D eigenvalue weighted by atomic mass is 16.5. The fourth-order valence-electron chi connectivity index (χ4n) is 2.55. The maximum Gasteiger partial charge on any atom is 0.167 e. The summed E-state index contributed by atoms with van der Waals surface area (Å²) in [6.07, 6.45) is 2.29. The smallest absolute Gasteiger partial charge is 0.167 e. The van der Waals surface area contributed by atoms with Crippen LogP contribution in [0.25, 0.3) is 11.0 Å². The van der Waals surface area contributed by atoms with Crippen molar-refractivity contribution in [2.24, 2.45) is 0 Å². The van der Waals surface area contributed by atoms with E-state index >= 15 is 0 Å². The van der Waals surface area contributed by atoms with Crippen molar-refractivity contribution in [3.05, 3.63) is 23.9 Å². The number of piperidine rings is 1. The molecule has 2 heterocycles. The van der Waals surface area contributed by atoms with Crippen molar-refractivity contribution in [2.45, 2.75) is 18.8 Å². The molecule has 0 atom stereocenters. The van der Waals surface area contributed by atoms with E-state index in [0.29, 0.717) is 5.92 Å². The third-order valence-electron chi connectivity index (χ3n) is 3.63. The van der Waals surface area contributed by atoms with Crippen LogP contribution < -0.4 is 5.73 Å². The monoisotopic (exact) mass is 231 g/mol. The largest absolute Gasteiger partial charge is 0.399 e. The predicted octanol–water partition coefficient (Wildman–Crippen LogP) is 2.22. The number of fused-ring (bicyclic) bond motifs is 1. The minimum Gasteiger partial charge on any atom is -0.399 e. The third-order valence-corrected chi connectivity index (χ3v) is 3.63. The maximum absolute atomic E-state index is 5.83. The van der Waals surface area contributed by atoms with Gasteiger partial charge in [-0.15, -0.1) is 0 Å². The zero-order chi connectivity index (χ0) is 11.8. The molecule has 17 heavy (non-hydrogen) atoms. The second-order valence-corrected chi connectivity index (χ2v) is 4.90. The van der Waals surface area contributed by atoms with Crippen molar-refractivity contribution in [1.82, 2.24) is 10.1 Å². The van der Waals surface area contributed by atoms with Gasteiger partial charge in [0.25, 0.3) is 0 Å². The first kappa shape index (κ1) is 10.6. The Morgan fingerprint density at radius 2 is 2.12 bits per heavy atom. The second-order valence-electron chi connectivity index (χ2n) is 4.90. The van der Waals surface area contributed by atoms with Gasteiger partial charge in [0.2, 0.25) is 0 Å². The lowest BCUT2D eigenvalue weighted by molar-refractivity contribution is 0.250. The van der Waals surface area contributed by atoms with Crippen LogP contribution in [0.3, 0.4) is 0 Å². The number of likely N-dealkylation sites (tertiary alicyclic amines) is 1. The number of aromatic nitrogens is 1. The predicted molar refractivity (Wildman–Crippen MR) is 67.9 cm³/mol. The molecule has 1 aromatic heterocycles. The highest BCUT2D eigenvalue weighted by Gasteiger charge is 2.23. The minimum atomic E-state index is 0.509. The molecule has 2 aromatic rings. The molecule has 0 amide bonds. The fourth-order valence-corrected chi connectivity index (χ4v) is 2.55. The molecule has 1 fully saturated rings. The van der Waals surface area contributed by atoms with Gasteiger partial charge in [-0.2, -0.15) is 0 Å². The van der Waals surface area contributed by atoms with Crippen molar-refractivity contribution in [3.63, 3.8) is 0 Å². The Morgan fingerprint density at radius 1 is 1.35 bits per heavy atom. The van der Waals surface area contributed by atoms with E-state index < -0.39 is 0 Å². The number of nitrogen functional groups attached to an aromatic ring is 1. The van der Waals surface area contributed by atoms with E-state index in [2.05, 4.69) is 17.1 Å². The molecule has 1 aliphatic heterocycles. The maximum atomic E-state index is 5.83. The molecule has 2 N–H and O–H groups in total. The number of benzene rings is 1. The zero-order valence-corrected chi connectivity index (χ0v) is 10.0. The van der Waals surface area contributed by atoms with Crippen molar-refractivity contribution in [3.8, 4) is 0 Å². The standard InChI is InChI=1S/C13H17N3O/c1-16-6-4-9(5-7-16)13-11-8-10(14)2-3-12(11)17-15-13/h2-3,8-9H,4-7,14H2,1H3. The number of nitrogens with two attached hydrogens (primary N) is 1. The lowest BCUT2D eigenvalue weighted by Gasteiger charge is -2.27. The molecule has 1 aromatic carbocycles. The van der Waals surface area contributed by atoms with E-state index in [1.54, 1.807) is 0 Å². The van der Waals surface area contributed by atoms with E-state index in [1.807, 2.05) is 18.2 Å². The van der Waals surface area contributed by atoms with Gasteiger partial charge in [-0.05, 0) is 51.2 Å². The van der Waals surface area contributed by atoms with Crippen molar-refractivity contribution >= 4 is 16.7 Å². The van der Waals surface area contributed by atoms with Gasteiger partial charge >= 0.3 is 0 Å². The van der Waals surface area contributed by atoms with Crippen LogP contribution in [-0.4, -0.2) is 30.2 Å². The van der Waals surface area contributed by atoms with Crippen LogP contribution in [-0.2, 0) is 0 Å². The Morgan fingerprint density at radius 3 is 2.88 bits per heavy atom. The molecule has 0 unspecified atom stereocenters. The van der Waals surface area contributed by atoms with Crippen LogP contribution in [0.1, 0.15) is 24.5 Å². The number of hydrogen-bond donors (Lipinski definition) is 1. The molecule has 0 saturated carbocycles. The lowest BCUT2D eigenvalue weighted by Crippen LogP contribution is -2.29. The Bertz CT molecular complexity index is 526. The Labute approximate surface area is 100 Å². The molecule has 0 spiro atoms. The summed E-state index contributed by atoms with van der Waals surface area (Å²) in [7, 11) is 2.16. The number of anilines is 1. The van der Waals surface area contributed by atoms with Gasteiger partial charge in [-0.25, -0.2) is 0 Å². The first-order valence-electron chi connectivity index (χ1n) is 6.07. The topological polar surface area (TPSA) is 55.3 Å². The molecular formula is C13H17N3O. The lowest BCUT2D eigenvalue weighted by atomic mass is 9.92. The van der Waals surface area contributed by atoms with E-state index in [1.165, 1.54) is 0 Å².